The van der Waals surface area contributed by atoms with Gasteiger partial charge in [0.2, 0.25) is 0 Å². The molecule has 0 aliphatic carbocycles. The first-order valence-electron chi connectivity index (χ1n) is 7.91. The summed E-state index contributed by atoms with van der Waals surface area (Å²) >= 11 is 0. The third-order valence-electron chi connectivity index (χ3n) is 4.40. The van der Waals surface area contributed by atoms with Gasteiger partial charge in [0.15, 0.2) is 0 Å². The molecule has 6 heteroatoms. The molecule has 1 fully saturated rings. The molecule has 122 valence electrons. The van der Waals surface area contributed by atoms with Crippen LogP contribution in [0.2, 0.25) is 0 Å². The number of hydrogen-bond donors (Lipinski definition) is 2. The number of aryl methyl sites for hydroxylation is 1. The average molecular weight is 313 g/mol. The molecule has 1 unspecified atom stereocenters. The van der Waals surface area contributed by atoms with Gasteiger partial charge in [0.1, 0.15) is 0 Å². The minimum absolute atomic E-state index is 0.0474. The van der Waals surface area contributed by atoms with Gasteiger partial charge in [-0.15, -0.1) is 0 Å². The monoisotopic (exact) mass is 313 g/mol. The topological polar surface area (TPSA) is 62.2 Å². The lowest BCUT2D eigenvalue weighted by Gasteiger charge is -2.36. The van der Waals surface area contributed by atoms with E-state index >= 15 is 0 Å². The van der Waals surface area contributed by atoms with Crippen molar-refractivity contribution in [3.63, 3.8) is 0 Å². The van der Waals surface area contributed by atoms with Crippen molar-refractivity contribution in [2.24, 2.45) is 7.05 Å². The van der Waals surface area contributed by atoms with Crippen molar-refractivity contribution in [2.45, 2.75) is 12.6 Å². The first-order valence-corrected chi connectivity index (χ1v) is 7.91. The lowest BCUT2D eigenvalue weighted by atomic mass is 10.0. The molecule has 1 aromatic carbocycles. The Hall–Kier alpha value is -2.18. The summed E-state index contributed by atoms with van der Waals surface area (Å²) in [6.45, 7) is 3.69. The lowest BCUT2D eigenvalue weighted by Crippen LogP contribution is -2.45. The van der Waals surface area contributed by atoms with Gasteiger partial charge in [-0.05, 0) is 17.7 Å². The molecular weight excluding hydrogens is 290 g/mol. The Morgan fingerprint density at radius 1 is 1.48 bits per heavy atom. The average Bonchev–Trinajstić information content (AvgIpc) is 2.99. The number of amides is 1. The molecule has 23 heavy (non-hydrogen) atoms. The van der Waals surface area contributed by atoms with E-state index in [1.54, 1.807) is 7.05 Å². The van der Waals surface area contributed by atoms with Gasteiger partial charge in [-0.25, -0.2) is 4.98 Å². The molecule has 1 atom stereocenters. The predicted molar refractivity (Wildman–Crippen MR) is 89.1 cm³/mol. The quantitative estimate of drug-likeness (QED) is 0.881. The predicted octanol–water partition coefficient (Wildman–Crippen LogP) is 0.926. The van der Waals surface area contributed by atoms with Crippen molar-refractivity contribution in [1.82, 2.24) is 25.1 Å². The number of imidazole rings is 1. The highest BCUT2D eigenvalue weighted by Gasteiger charge is 2.25. The number of nitrogens with one attached hydrogen (secondary N) is 2. The maximum Gasteiger partial charge on any atom is 0.251 e. The van der Waals surface area contributed by atoms with Gasteiger partial charge in [-0.1, -0.05) is 12.1 Å². The molecule has 0 saturated carbocycles. The Kier molecular flexibility index (Phi) is 4.73. The van der Waals surface area contributed by atoms with Crippen LogP contribution in [0, 0.1) is 0 Å². The van der Waals surface area contributed by atoms with Crippen LogP contribution in [0.1, 0.15) is 27.7 Å². The number of aromatic nitrogens is 2. The van der Waals surface area contributed by atoms with Crippen LogP contribution >= 0.6 is 0 Å². The zero-order valence-corrected chi connectivity index (χ0v) is 13.6. The molecule has 0 spiro atoms. The summed E-state index contributed by atoms with van der Waals surface area (Å²) in [5.74, 6) is -0.0474. The van der Waals surface area contributed by atoms with Crippen molar-refractivity contribution >= 4 is 5.91 Å². The van der Waals surface area contributed by atoms with E-state index in [-0.39, 0.29) is 11.9 Å². The molecule has 1 amide bonds. The molecule has 6 nitrogen and oxygen atoms in total. The summed E-state index contributed by atoms with van der Waals surface area (Å²) in [6, 6.07) is 8.15. The van der Waals surface area contributed by atoms with Crippen molar-refractivity contribution in [2.75, 3.05) is 26.7 Å². The van der Waals surface area contributed by atoms with Crippen LogP contribution in [-0.2, 0) is 13.6 Å². The van der Waals surface area contributed by atoms with E-state index in [0.717, 1.165) is 26.2 Å². The van der Waals surface area contributed by atoms with Crippen LogP contribution < -0.4 is 10.6 Å². The Labute approximate surface area is 136 Å². The number of benzene rings is 1. The summed E-state index contributed by atoms with van der Waals surface area (Å²) in [5.41, 5.74) is 3.07. The van der Waals surface area contributed by atoms with Crippen LogP contribution in [0.15, 0.2) is 36.8 Å². The second kappa shape index (κ2) is 6.93. The summed E-state index contributed by atoms with van der Waals surface area (Å²) < 4.78 is 2.06. The molecule has 1 aliphatic heterocycles. The van der Waals surface area contributed by atoms with E-state index in [4.69, 9.17) is 0 Å². The maximum absolute atomic E-state index is 11.9. The van der Waals surface area contributed by atoms with E-state index in [2.05, 4.69) is 31.2 Å². The number of carbonyl (C=O) groups excluding carboxylic acids is 1. The largest absolute Gasteiger partial charge is 0.355 e. The van der Waals surface area contributed by atoms with Gasteiger partial charge in [0, 0.05) is 58.1 Å². The molecular formula is C17H23N5O. The molecule has 1 aliphatic rings. The van der Waals surface area contributed by atoms with Crippen LogP contribution in [0.5, 0.6) is 0 Å². The van der Waals surface area contributed by atoms with Gasteiger partial charge in [0.05, 0.1) is 12.0 Å². The van der Waals surface area contributed by atoms with Gasteiger partial charge in [-0.2, -0.15) is 0 Å². The van der Waals surface area contributed by atoms with Gasteiger partial charge >= 0.3 is 0 Å². The minimum Gasteiger partial charge on any atom is -0.355 e. The Balaban J connectivity index is 1.83. The third-order valence-corrected chi connectivity index (χ3v) is 4.40. The van der Waals surface area contributed by atoms with E-state index in [9.17, 15) is 4.79 Å². The fourth-order valence-electron chi connectivity index (χ4n) is 3.04. The zero-order valence-electron chi connectivity index (χ0n) is 13.6. The smallest absolute Gasteiger partial charge is 0.251 e. The van der Waals surface area contributed by atoms with E-state index < -0.39 is 0 Å². The summed E-state index contributed by atoms with van der Waals surface area (Å²) in [4.78, 5) is 18.5. The highest BCUT2D eigenvalue weighted by Crippen LogP contribution is 2.24. The molecule has 2 N–H and O–H groups in total. The summed E-state index contributed by atoms with van der Waals surface area (Å²) in [7, 11) is 3.68. The Bertz CT molecular complexity index is 681. The van der Waals surface area contributed by atoms with Crippen molar-refractivity contribution in [1.29, 1.82) is 0 Å². The second-order valence-corrected chi connectivity index (χ2v) is 5.89. The molecule has 3 rings (SSSR count). The number of nitrogens with zero attached hydrogens (tertiary/aromatic N) is 3. The van der Waals surface area contributed by atoms with Gasteiger partial charge in [0.25, 0.3) is 5.91 Å². The molecule has 1 aromatic heterocycles. The fraction of sp³-hybridized carbons (Fsp3) is 0.412. The van der Waals surface area contributed by atoms with Gasteiger partial charge < -0.3 is 15.2 Å². The zero-order chi connectivity index (χ0) is 16.2. The summed E-state index contributed by atoms with van der Waals surface area (Å²) in [5, 5.41) is 6.14. The van der Waals surface area contributed by atoms with Gasteiger partial charge in [-0.3, -0.25) is 9.69 Å². The van der Waals surface area contributed by atoms with E-state index in [1.165, 1.54) is 11.3 Å². The number of hydrogen-bond acceptors (Lipinski definition) is 4. The highest BCUT2D eigenvalue weighted by atomic mass is 16.1. The number of carbonyl (C=O) groups is 1. The highest BCUT2D eigenvalue weighted by molar-refractivity contribution is 5.94. The van der Waals surface area contributed by atoms with Crippen LogP contribution in [-0.4, -0.2) is 47.0 Å². The first kappa shape index (κ1) is 15.7. The summed E-state index contributed by atoms with van der Waals surface area (Å²) in [6.07, 6.45) is 3.75. The number of piperazine rings is 1. The SMILES string of the molecule is CNC(=O)c1cccc(C2CNCCN2Cc2cncn2C)c1. The standard InChI is InChI=1S/C17H23N5O/c1-18-17(23)14-5-3-4-13(8-14)16-10-19-6-7-22(16)11-15-9-20-12-21(15)2/h3-5,8-9,12,16,19H,6-7,10-11H2,1-2H3,(H,18,23). The molecule has 0 bridgehead atoms. The van der Waals surface area contributed by atoms with Crippen molar-refractivity contribution in [3.05, 3.63) is 53.6 Å². The molecule has 2 heterocycles. The molecule has 2 aromatic rings. The molecule has 1 saturated heterocycles. The third kappa shape index (κ3) is 3.43. The van der Waals surface area contributed by atoms with Crippen LogP contribution in [0.25, 0.3) is 0 Å². The first-order chi connectivity index (χ1) is 11.2. The van der Waals surface area contributed by atoms with E-state index in [0.29, 0.717) is 5.56 Å². The van der Waals surface area contributed by atoms with Crippen molar-refractivity contribution in [3.8, 4) is 0 Å². The minimum atomic E-state index is -0.0474. The fourth-order valence-corrected chi connectivity index (χ4v) is 3.04. The normalized spacial score (nSPS) is 18.8. The van der Waals surface area contributed by atoms with Crippen LogP contribution in [0.4, 0.5) is 0 Å². The Morgan fingerprint density at radius 3 is 3.09 bits per heavy atom. The number of rotatable bonds is 4. The van der Waals surface area contributed by atoms with Crippen LogP contribution in [0.3, 0.4) is 0 Å². The second-order valence-electron chi connectivity index (χ2n) is 5.89. The van der Waals surface area contributed by atoms with E-state index in [1.807, 2.05) is 37.8 Å². The lowest BCUT2D eigenvalue weighted by molar-refractivity contribution is 0.0962. The Morgan fingerprint density at radius 2 is 2.35 bits per heavy atom. The molecule has 0 radical (unpaired) electrons. The van der Waals surface area contributed by atoms with Crippen molar-refractivity contribution < 1.29 is 4.79 Å². The maximum atomic E-state index is 11.9.